The molecule has 3 rings (SSSR count). The van der Waals surface area contributed by atoms with Crippen molar-refractivity contribution in [2.24, 2.45) is 11.8 Å². The van der Waals surface area contributed by atoms with Crippen molar-refractivity contribution < 1.29 is 19.5 Å². The fraction of sp³-hybridized carbons (Fsp3) is 0.478. The Bertz CT molecular complexity index is 938. The maximum atomic E-state index is 13.3. The molecule has 1 aromatic carbocycles. The molecule has 2 aromatic rings. The third-order valence-electron chi connectivity index (χ3n) is 5.81. The van der Waals surface area contributed by atoms with E-state index in [9.17, 15) is 19.5 Å². The van der Waals surface area contributed by atoms with Gasteiger partial charge in [0.15, 0.2) is 11.6 Å². The Hall–Kier alpha value is -2.96. The lowest BCUT2D eigenvalue weighted by Crippen LogP contribution is -2.43. The number of nitrogens with zero attached hydrogens (tertiary/aromatic N) is 3. The fourth-order valence-corrected chi connectivity index (χ4v) is 3.98. The standard InChI is InChI=1S/C23H29N3O4/c1-14(2)26(22(28)18-7-5-15(3)6-8-18)21-20(23(29)30)13-25(24-21)19-11-9-17(10-12-19)16(4)27/h9-15,18H,5-8H2,1-4H3,(H,29,30)/t15-,18-. The van der Waals surface area contributed by atoms with Gasteiger partial charge in [0.05, 0.1) is 5.69 Å². The molecular formula is C23H29N3O4. The maximum Gasteiger partial charge on any atom is 0.341 e. The number of amides is 1. The van der Waals surface area contributed by atoms with Crippen LogP contribution in [0.2, 0.25) is 0 Å². The highest BCUT2D eigenvalue weighted by Crippen LogP contribution is 2.32. The zero-order chi connectivity index (χ0) is 22.0. The van der Waals surface area contributed by atoms with Crippen molar-refractivity contribution >= 4 is 23.5 Å². The quantitative estimate of drug-likeness (QED) is 0.714. The number of carbonyl (C=O) groups is 3. The van der Waals surface area contributed by atoms with E-state index < -0.39 is 5.97 Å². The maximum absolute atomic E-state index is 13.3. The summed E-state index contributed by atoms with van der Waals surface area (Å²) in [5.41, 5.74) is 1.17. The molecule has 0 radical (unpaired) electrons. The van der Waals surface area contributed by atoms with Crippen LogP contribution in [0, 0.1) is 11.8 Å². The van der Waals surface area contributed by atoms with E-state index >= 15 is 0 Å². The Morgan fingerprint density at radius 3 is 2.20 bits per heavy atom. The monoisotopic (exact) mass is 411 g/mol. The molecule has 1 aliphatic carbocycles. The summed E-state index contributed by atoms with van der Waals surface area (Å²) in [6.07, 6.45) is 5.07. The summed E-state index contributed by atoms with van der Waals surface area (Å²) in [4.78, 5) is 38.3. The molecule has 0 aliphatic heterocycles. The van der Waals surface area contributed by atoms with Crippen LogP contribution in [-0.4, -0.2) is 38.6 Å². The molecule has 7 heteroatoms. The molecule has 1 N–H and O–H groups in total. The van der Waals surface area contributed by atoms with Gasteiger partial charge in [-0.25, -0.2) is 9.48 Å². The Morgan fingerprint density at radius 2 is 1.70 bits per heavy atom. The Kier molecular flexibility index (Phi) is 6.39. The lowest BCUT2D eigenvalue weighted by molar-refractivity contribution is -0.124. The number of aromatic carboxylic acids is 1. The number of rotatable bonds is 6. The lowest BCUT2D eigenvalue weighted by Gasteiger charge is -2.32. The average Bonchev–Trinajstić information content (AvgIpc) is 3.13. The van der Waals surface area contributed by atoms with Gasteiger partial charge in [-0.3, -0.25) is 14.5 Å². The number of hydrogen-bond donors (Lipinski definition) is 1. The number of aromatic nitrogens is 2. The molecule has 160 valence electrons. The van der Waals surface area contributed by atoms with E-state index in [0.29, 0.717) is 17.2 Å². The SMILES string of the molecule is CC(=O)c1ccc(-n2cc(C(=O)O)c(N(C(=O)[C@H]3CC[C@H](C)CC3)C(C)C)n2)cc1. The van der Waals surface area contributed by atoms with Gasteiger partial charge in [-0.05, 0) is 76.6 Å². The Labute approximate surface area is 176 Å². The van der Waals surface area contributed by atoms with Gasteiger partial charge in [-0.2, -0.15) is 0 Å². The largest absolute Gasteiger partial charge is 0.477 e. The second kappa shape index (κ2) is 8.81. The second-order valence-electron chi connectivity index (χ2n) is 8.48. The highest BCUT2D eigenvalue weighted by Gasteiger charge is 2.34. The van der Waals surface area contributed by atoms with Crippen LogP contribution in [0.3, 0.4) is 0 Å². The molecule has 0 spiro atoms. The summed E-state index contributed by atoms with van der Waals surface area (Å²) in [6.45, 7) is 7.43. The predicted octanol–water partition coefficient (Wildman–Crippen LogP) is 4.34. The van der Waals surface area contributed by atoms with E-state index in [2.05, 4.69) is 12.0 Å². The van der Waals surface area contributed by atoms with Crippen LogP contribution in [0.15, 0.2) is 30.5 Å². The number of anilines is 1. The first-order chi connectivity index (χ1) is 14.2. The van der Waals surface area contributed by atoms with Crippen molar-refractivity contribution in [3.8, 4) is 5.69 Å². The van der Waals surface area contributed by atoms with Crippen LogP contribution < -0.4 is 4.90 Å². The normalized spacial score (nSPS) is 19.0. The lowest BCUT2D eigenvalue weighted by atomic mass is 9.82. The molecule has 0 saturated heterocycles. The zero-order valence-corrected chi connectivity index (χ0v) is 18.0. The molecule has 7 nitrogen and oxygen atoms in total. The minimum Gasteiger partial charge on any atom is -0.477 e. The average molecular weight is 412 g/mol. The third kappa shape index (κ3) is 4.45. The highest BCUT2D eigenvalue weighted by atomic mass is 16.4. The Balaban J connectivity index is 1.98. The number of ketones is 1. The summed E-state index contributed by atoms with van der Waals surface area (Å²) < 4.78 is 1.45. The molecule has 30 heavy (non-hydrogen) atoms. The fourth-order valence-electron chi connectivity index (χ4n) is 3.98. The Morgan fingerprint density at radius 1 is 1.10 bits per heavy atom. The van der Waals surface area contributed by atoms with Crippen molar-refractivity contribution in [3.63, 3.8) is 0 Å². The first kappa shape index (κ1) is 21.7. The van der Waals surface area contributed by atoms with Crippen LogP contribution in [0.5, 0.6) is 0 Å². The molecule has 1 amide bonds. The predicted molar refractivity (Wildman–Crippen MR) is 114 cm³/mol. The highest BCUT2D eigenvalue weighted by molar-refractivity contribution is 6.02. The number of benzene rings is 1. The minimum absolute atomic E-state index is 0.0168. The first-order valence-corrected chi connectivity index (χ1v) is 10.5. The van der Waals surface area contributed by atoms with Crippen LogP contribution in [0.1, 0.15) is 74.1 Å². The van der Waals surface area contributed by atoms with Gasteiger partial charge in [-0.1, -0.05) is 6.92 Å². The summed E-state index contributed by atoms with van der Waals surface area (Å²) in [6, 6.07) is 6.55. The molecule has 1 heterocycles. The molecule has 1 saturated carbocycles. The molecule has 1 aromatic heterocycles. The summed E-state index contributed by atoms with van der Waals surface area (Å²) in [7, 11) is 0. The molecule has 0 unspecified atom stereocenters. The van der Waals surface area contributed by atoms with E-state index in [1.165, 1.54) is 22.7 Å². The number of Topliss-reactive ketones (excluding diaryl/α,β-unsaturated/α-hetero) is 1. The summed E-state index contributed by atoms with van der Waals surface area (Å²) in [5, 5.41) is 14.2. The smallest absolute Gasteiger partial charge is 0.341 e. The van der Waals surface area contributed by atoms with Crippen molar-refractivity contribution in [1.29, 1.82) is 0 Å². The number of carboxylic acid groups (broad SMARTS) is 1. The van der Waals surface area contributed by atoms with Crippen molar-refractivity contribution in [2.45, 2.75) is 59.4 Å². The summed E-state index contributed by atoms with van der Waals surface area (Å²) in [5.74, 6) is -0.563. The van der Waals surface area contributed by atoms with Crippen LogP contribution >= 0.6 is 0 Å². The number of hydrogen-bond acceptors (Lipinski definition) is 4. The van der Waals surface area contributed by atoms with Crippen molar-refractivity contribution in [2.75, 3.05) is 4.90 Å². The summed E-state index contributed by atoms with van der Waals surface area (Å²) >= 11 is 0. The number of carbonyl (C=O) groups excluding carboxylic acids is 2. The van der Waals surface area contributed by atoms with Crippen LogP contribution in [0.4, 0.5) is 5.82 Å². The molecule has 1 aliphatic rings. The molecule has 0 bridgehead atoms. The van der Waals surface area contributed by atoms with Gasteiger partial charge in [-0.15, -0.1) is 5.10 Å². The first-order valence-electron chi connectivity index (χ1n) is 10.5. The van der Waals surface area contributed by atoms with Gasteiger partial charge < -0.3 is 5.11 Å². The van der Waals surface area contributed by atoms with Crippen LogP contribution in [-0.2, 0) is 4.79 Å². The van der Waals surface area contributed by atoms with Crippen molar-refractivity contribution in [3.05, 3.63) is 41.6 Å². The second-order valence-corrected chi connectivity index (χ2v) is 8.48. The van der Waals surface area contributed by atoms with E-state index in [1.807, 2.05) is 13.8 Å². The van der Waals surface area contributed by atoms with E-state index in [4.69, 9.17) is 0 Å². The van der Waals surface area contributed by atoms with Gasteiger partial charge >= 0.3 is 5.97 Å². The minimum atomic E-state index is -1.13. The zero-order valence-electron chi connectivity index (χ0n) is 18.0. The van der Waals surface area contributed by atoms with E-state index in [-0.39, 0.29) is 35.0 Å². The van der Waals surface area contributed by atoms with E-state index in [0.717, 1.165) is 25.7 Å². The van der Waals surface area contributed by atoms with Gasteiger partial charge in [0, 0.05) is 23.7 Å². The van der Waals surface area contributed by atoms with E-state index in [1.54, 1.807) is 24.3 Å². The topological polar surface area (TPSA) is 92.5 Å². The van der Waals surface area contributed by atoms with Gasteiger partial charge in [0.25, 0.3) is 0 Å². The number of carboxylic acids is 1. The molecule has 0 atom stereocenters. The van der Waals surface area contributed by atoms with Gasteiger partial charge in [0.2, 0.25) is 5.91 Å². The van der Waals surface area contributed by atoms with Gasteiger partial charge in [0.1, 0.15) is 5.56 Å². The van der Waals surface area contributed by atoms with Crippen molar-refractivity contribution in [1.82, 2.24) is 9.78 Å². The molecular weight excluding hydrogens is 382 g/mol. The third-order valence-corrected chi connectivity index (χ3v) is 5.81. The molecule has 1 fully saturated rings. The van der Waals surface area contributed by atoms with Crippen LogP contribution in [0.25, 0.3) is 5.69 Å².